The van der Waals surface area contributed by atoms with Gasteiger partial charge in [0.1, 0.15) is 0 Å². The number of hydrogen-bond donors (Lipinski definition) is 1. The van der Waals surface area contributed by atoms with Crippen LogP contribution in [0.15, 0.2) is 34.9 Å². The Hall–Kier alpha value is -1.15. The first-order valence-corrected chi connectivity index (χ1v) is 9.00. The number of allylic oxidation sites excluding steroid dienone is 5. The van der Waals surface area contributed by atoms with Gasteiger partial charge in [0.25, 0.3) is 0 Å². The Kier molecular flexibility index (Phi) is 3.41. The molecule has 4 aliphatic carbocycles. The molecule has 0 radical (unpaired) electrons. The minimum Gasteiger partial charge on any atom is -0.392 e. The van der Waals surface area contributed by atoms with Crippen LogP contribution in [0.2, 0.25) is 0 Å². The van der Waals surface area contributed by atoms with Crippen LogP contribution in [0.25, 0.3) is 0 Å². The van der Waals surface area contributed by atoms with E-state index >= 15 is 0 Å². The van der Waals surface area contributed by atoms with Gasteiger partial charge in [-0.3, -0.25) is 4.79 Å². The molecule has 0 heterocycles. The molecular formula is C20H26O2. The van der Waals surface area contributed by atoms with Crippen molar-refractivity contribution in [2.45, 2.75) is 64.4 Å². The van der Waals surface area contributed by atoms with E-state index in [-0.39, 0.29) is 11.5 Å². The van der Waals surface area contributed by atoms with E-state index in [0.29, 0.717) is 24.0 Å². The molecule has 1 N–H and O–H groups in total. The van der Waals surface area contributed by atoms with Crippen LogP contribution in [-0.2, 0) is 4.79 Å². The average molecular weight is 298 g/mol. The second-order valence-corrected chi connectivity index (χ2v) is 7.61. The van der Waals surface area contributed by atoms with Crippen LogP contribution < -0.4 is 0 Å². The van der Waals surface area contributed by atoms with Crippen molar-refractivity contribution in [1.29, 1.82) is 0 Å². The van der Waals surface area contributed by atoms with Gasteiger partial charge in [-0.15, -0.1) is 0 Å². The second-order valence-electron chi connectivity index (χ2n) is 7.61. The van der Waals surface area contributed by atoms with Gasteiger partial charge < -0.3 is 5.11 Å². The van der Waals surface area contributed by atoms with Gasteiger partial charge in [0.2, 0.25) is 0 Å². The van der Waals surface area contributed by atoms with E-state index in [2.05, 4.69) is 19.1 Å². The smallest absolute Gasteiger partial charge is 0.156 e. The fourth-order valence-corrected chi connectivity index (χ4v) is 5.69. The lowest BCUT2D eigenvalue weighted by Gasteiger charge is -2.46. The molecule has 0 spiro atoms. The minimum atomic E-state index is -0.162. The predicted octanol–water partition coefficient (Wildman–Crippen LogP) is 4.11. The van der Waals surface area contributed by atoms with Crippen molar-refractivity contribution < 1.29 is 9.90 Å². The third-order valence-corrected chi connectivity index (χ3v) is 6.62. The van der Waals surface area contributed by atoms with E-state index < -0.39 is 0 Å². The van der Waals surface area contributed by atoms with Crippen LogP contribution in [0, 0.1) is 17.3 Å². The van der Waals surface area contributed by atoms with Crippen molar-refractivity contribution in [3.63, 3.8) is 0 Å². The number of ketones is 1. The van der Waals surface area contributed by atoms with Crippen molar-refractivity contribution in [2.24, 2.45) is 17.3 Å². The third-order valence-electron chi connectivity index (χ3n) is 6.62. The number of aliphatic hydroxyl groups excluding tert-OH is 1. The summed E-state index contributed by atoms with van der Waals surface area (Å²) in [6, 6.07) is 0. The largest absolute Gasteiger partial charge is 0.392 e. The molecule has 2 nitrogen and oxygen atoms in total. The lowest BCUT2D eigenvalue weighted by Crippen LogP contribution is -2.41. The number of carbonyl (C=O) groups is 1. The topological polar surface area (TPSA) is 37.3 Å². The Morgan fingerprint density at radius 1 is 1.23 bits per heavy atom. The molecule has 4 aliphatic rings. The van der Waals surface area contributed by atoms with Gasteiger partial charge in [0.05, 0.1) is 6.10 Å². The predicted molar refractivity (Wildman–Crippen MR) is 87.3 cm³/mol. The highest BCUT2D eigenvalue weighted by Gasteiger charge is 2.53. The van der Waals surface area contributed by atoms with E-state index in [1.807, 2.05) is 6.08 Å². The molecule has 0 aromatic rings. The van der Waals surface area contributed by atoms with Crippen LogP contribution in [-0.4, -0.2) is 17.0 Å². The highest BCUT2D eigenvalue weighted by Crippen LogP contribution is 2.59. The summed E-state index contributed by atoms with van der Waals surface area (Å²) in [4.78, 5) is 11.7. The zero-order valence-electron chi connectivity index (χ0n) is 13.5. The molecule has 3 unspecified atom stereocenters. The molecule has 2 heteroatoms. The quantitative estimate of drug-likeness (QED) is 0.833. The summed E-state index contributed by atoms with van der Waals surface area (Å²) in [7, 11) is 0. The summed E-state index contributed by atoms with van der Waals surface area (Å²) in [5.74, 6) is 1.51. The summed E-state index contributed by atoms with van der Waals surface area (Å²) < 4.78 is 0. The maximum Gasteiger partial charge on any atom is 0.156 e. The lowest BCUT2D eigenvalue weighted by molar-refractivity contribution is -0.114. The molecule has 1 fully saturated rings. The molecule has 0 aliphatic heterocycles. The summed E-state index contributed by atoms with van der Waals surface area (Å²) >= 11 is 0. The van der Waals surface area contributed by atoms with Crippen molar-refractivity contribution in [1.82, 2.24) is 0 Å². The van der Waals surface area contributed by atoms with Gasteiger partial charge in [0, 0.05) is 11.8 Å². The Bertz CT molecular complexity index is 595. The molecule has 22 heavy (non-hydrogen) atoms. The Balaban J connectivity index is 1.79. The van der Waals surface area contributed by atoms with Crippen LogP contribution in [0.4, 0.5) is 0 Å². The maximum absolute atomic E-state index is 11.7. The molecule has 4 rings (SSSR count). The van der Waals surface area contributed by atoms with Gasteiger partial charge >= 0.3 is 0 Å². The standard InChI is InChI=1S/C20H26O2/c1-2-10-20-11-9-16-15-6-4-14(21)12-13(15)3-5-17(16)18(20)7-8-19(20)22/h9,11-12,17-19,22H,2-8,10H2,1H3/t17?,18?,19-,20?/m0/s1. The molecule has 0 aromatic carbocycles. The normalized spacial score (nSPS) is 40.2. The molecule has 0 bridgehead atoms. The SMILES string of the molecule is CCCC12C=CC3=C4CCC(=O)C=C4CCC3C1CC[C@@H]2O. The number of rotatable bonds is 2. The van der Waals surface area contributed by atoms with Gasteiger partial charge in [0.15, 0.2) is 5.78 Å². The number of aliphatic hydroxyl groups is 1. The van der Waals surface area contributed by atoms with Gasteiger partial charge in [-0.05, 0) is 73.2 Å². The monoisotopic (exact) mass is 298 g/mol. The number of hydrogen-bond acceptors (Lipinski definition) is 2. The zero-order chi connectivity index (χ0) is 15.3. The first kappa shape index (κ1) is 14.4. The zero-order valence-corrected chi connectivity index (χ0v) is 13.5. The third kappa shape index (κ3) is 1.93. The van der Waals surface area contributed by atoms with Gasteiger partial charge in [-0.1, -0.05) is 25.5 Å². The van der Waals surface area contributed by atoms with E-state index in [1.54, 1.807) is 0 Å². The minimum absolute atomic E-state index is 0.0230. The van der Waals surface area contributed by atoms with Gasteiger partial charge in [-0.2, -0.15) is 0 Å². The van der Waals surface area contributed by atoms with Crippen LogP contribution >= 0.6 is 0 Å². The molecule has 1 saturated carbocycles. The molecule has 0 amide bonds. The summed E-state index contributed by atoms with van der Waals surface area (Å²) in [5, 5.41) is 10.6. The maximum atomic E-state index is 11.7. The Morgan fingerprint density at radius 3 is 2.91 bits per heavy atom. The van der Waals surface area contributed by atoms with E-state index in [4.69, 9.17) is 0 Å². The van der Waals surface area contributed by atoms with Crippen molar-refractivity contribution in [3.05, 3.63) is 34.9 Å². The van der Waals surface area contributed by atoms with E-state index in [0.717, 1.165) is 44.9 Å². The fourth-order valence-electron chi connectivity index (χ4n) is 5.69. The highest BCUT2D eigenvalue weighted by molar-refractivity contribution is 5.93. The summed E-state index contributed by atoms with van der Waals surface area (Å²) in [6.45, 7) is 2.23. The molecule has 0 saturated heterocycles. The number of fused-ring (bicyclic) bond motifs is 4. The second kappa shape index (κ2) is 5.19. The summed E-state index contributed by atoms with van der Waals surface area (Å²) in [6.07, 6.45) is 14.6. The fraction of sp³-hybridized carbons (Fsp3) is 0.650. The Morgan fingerprint density at radius 2 is 2.09 bits per heavy atom. The van der Waals surface area contributed by atoms with Crippen molar-refractivity contribution >= 4 is 5.78 Å². The van der Waals surface area contributed by atoms with Crippen LogP contribution in [0.5, 0.6) is 0 Å². The first-order valence-electron chi connectivity index (χ1n) is 9.00. The number of carbonyl (C=O) groups excluding carboxylic acids is 1. The van der Waals surface area contributed by atoms with E-state index in [9.17, 15) is 9.90 Å². The first-order chi connectivity index (χ1) is 10.7. The van der Waals surface area contributed by atoms with Crippen molar-refractivity contribution in [3.8, 4) is 0 Å². The van der Waals surface area contributed by atoms with Crippen LogP contribution in [0.1, 0.15) is 58.3 Å². The van der Waals surface area contributed by atoms with Crippen molar-refractivity contribution in [2.75, 3.05) is 0 Å². The molecule has 0 aromatic heterocycles. The molecular weight excluding hydrogens is 272 g/mol. The molecule has 4 atom stereocenters. The lowest BCUT2D eigenvalue weighted by atomic mass is 9.58. The van der Waals surface area contributed by atoms with E-state index in [1.165, 1.54) is 16.7 Å². The average Bonchev–Trinajstić information content (AvgIpc) is 2.84. The highest BCUT2D eigenvalue weighted by atomic mass is 16.3. The molecule has 118 valence electrons. The Labute approximate surface area is 133 Å². The van der Waals surface area contributed by atoms with Gasteiger partial charge in [-0.25, -0.2) is 0 Å². The van der Waals surface area contributed by atoms with Crippen LogP contribution in [0.3, 0.4) is 0 Å². The summed E-state index contributed by atoms with van der Waals surface area (Å²) in [5.41, 5.74) is 4.28.